The van der Waals surface area contributed by atoms with Gasteiger partial charge in [0.2, 0.25) is 5.82 Å². The van der Waals surface area contributed by atoms with Crippen LogP contribution in [0, 0.1) is 0 Å². The number of hydrogen-bond donors (Lipinski definition) is 3. The number of para-hydroxylation sites is 1. The first-order valence-electron chi connectivity index (χ1n) is 11.2. The van der Waals surface area contributed by atoms with Crippen molar-refractivity contribution in [1.82, 2.24) is 35.3 Å². The van der Waals surface area contributed by atoms with E-state index in [0.29, 0.717) is 12.2 Å². The second-order valence-corrected chi connectivity index (χ2v) is 8.54. The van der Waals surface area contributed by atoms with Crippen molar-refractivity contribution in [2.75, 3.05) is 11.9 Å². The van der Waals surface area contributed by atoms with Gasteiger partial charge in [-0.2, -0.15) is 5.10 Å². The molecule has 2 amide bonds. The van der Waals surface area contributed by atoms with E-state index in [1.165, 1.54) is 0 Å². The van der Waals surface area contributed by atoms with Crippen LogP contribution in [0.5, 0.6) is 0 Å². The Balaban J connectivity index is 1.28. The third kappa shape index (κ3) is 3.65. The number of H-pyrrole nitrogens is 2. The first kappa shape index (κ1) is 20.8. The predicted molar refractivity (Wildman–Crippen MR) is 130 cm³/mol. The molecule has 0 saturated carbocycles. The van der Waals surface area contributed by atoms with Gasteiger partial charge < -0.3 is 19.8 Å². The summed E-state index contributed by atoms with van der Waals surface area (Å²) in [5.74, 6) is -0.0355. The average molecular weight is 467 g/mol. The number of rotatable bonds is 5. The van der Waals surface area contributed by atoms with E-state index < -0.39 is 11.9 Å². The van der Waals surface area contributed by atoms with Crippen LogP contribution in [-0.2, 0) is 17.8 Å². The van der Waals surface area contributed by atoms with Crippen molar-refractivity contribution in [2.45, 2.75) is 19.0 Å². The summed E-state index contributed by atoms with van der Waals surface area (Å²) in [6.07, 6.45) is 4.22. The Kier molecular flexibility index (Phi) is 4.91. The molecule has 6 rings (SSSR count). The maximum Gasteiger partial charge on any atom is 0.289 e. The van der Waals surface area contributed by atoms with Gasteiger partial charge in [0.15, 0.2) is 0 Å². The van der Waals surface area contributed by atoms with Crippen molar-refractivity contribution in [3.8, 4) is 11.3 Å². The number of amides is 2. The topological polar surface area (TPSA) is 125 Å². The highest BCUT2D eigenvalue weighted by Crippen LogP contribution is 2.36. The van der Waals surface area contributed by atoms with E-state index in [9.17, 15) is 9.59 Å². The van der Waals surface area contributed by atoms with Gasteiger partial charge in [0.25, 0.3) is 11.8 Å². The van der Waals surface area contributed by atoms with E-state index in [1.54, 1.807) is 18.1 Å². The first-order chi connectivity index (χ1) is 17.1. The third-order valence-electron chi connectivity index (χ3n) is 6.31. The molecule has 5 aromatic rings. The number of carbonyl (C=O) groups is 2. The number of likely N-dealkylation sites (N-methyl/N-ethyl adjacent to an activating group) is 1. The number of hydrogen-bond acceptors (Lipinski definition) is 5. The molecule has 2 aromatic carbocycles. The van der Waals surface area contributed by atoms with Crippen molar-refractivity contribution in [3.05, 3.63) is 84.2 Å². The van der Waals surface area contributed by atoms with E-state index >= 15 is 0 Å². The lowest BCUT2D eigenvalue weighted by atomic mass is 10.1. The van der Waals surface area contributed by atoms with E-state index in [2.05, 4.69) is 30.7 Å². The normalized spacial score (nSPS) is 15.4. The molecule has 4 heterocycles. The van der Waals surface area contributed by atoms with Crippen LogP contribution < -0.4 is 10.2 Å². The molecule has 174 valence electrons. The predicted octanol–water partition coefficient (Wildman–Crippen LogP) is 2.52. The Bertz CT molecular complexity index is 1530. The molecule has 1 aliphatic rings. The monoisotopic (exact) mass is 466 g/mol. The fourth-order valence-electron chi connectivity index (χ4n) is 4.60. The van der Waals surface area contributed by atoms with Crippen LogP contribution in [0.1, 0.15) is 22.0 Å². The molecule has 0 fully saturated rings. The second-order valence-electron chi connectivity index (χ2n) is 8.54. The highest BCUT2D eigenvalue weighted by Gasteiger charge is 2.32. The fraction of sp³-hybridized carbons (Fsp3) is 0.160. The van der Waals surface area contributed by atoms with Crippen LogP contribution >= 0.6 is 0 Å². The molecule has 0 unspecified atom stereocenters. The maximum atomic E-state index is 13.3. The lowest BCUT2D eigenvalue weighted by Gasteiger charge is -2.21. The summed E-state index contributed by atoms with van der Waals surface area (Å²) in [6.45, 7) is 0.279. The molecule has 1 atom stereocenters. The van der Waals surface area contributed by atoms with Crippen LogP contribution in [0.3, 0.4) is 0 Å². The van der Waals surface area contributed by atoms with Gasteiger partial charge >= 0.3 is 0 Å². The van der Waals surface area contributed by atoms with Crippen LogP contribution in [0.2, 0.25) is 0 Å². The van der Waals surface area contributed by atoms with E-state index in [0.717, 1.165) is 33.4 Å². The van der Waals surface area contributed by atoms with Gasteiger partial charge in [0.1, 0.15) is 11.9 Å². The Labute approximate surface area is 200 Å². The summed E-state index contributed by atoms with van der Waals surface area (Å²) in [5, 5.41) is 19.0. The zero-order chi connectivity index (χ0) is 23.9. The van der Waals surface area contributed by atoms with Crippen molar-refractivity contribution in [3.63, 3.8) is 0 Å². The van der Waals surface area contributed by atoms with Gasteiger partial charge in [-0.15, -0.1) is 10.2 Å². The van der Waals surface area contributed by atoms with E-state index in [1.807, 2.05) is 65.4 Å². The number of nitrogens with one attached hydrogen (secondary N) is 3. The molecule has 1 aliphatic heterocycles. The van der Waals surface area contributed by atoms with E-state index in [4.69, 9.17) is 0 Å². The minimum Gasteiger partial charge on any atom is -0.342 e. The number of nitrogens with zero attached hydrogens (tertiary/aromatic N) is 5. The minimum atomic E-state index is -0.784. The molecule has 10 heteroatoms. The molecule has 0 radical (unpaired) electrons. The molecular formula is C25H22N8O2. The quantitative estimate of drug-likeness (QED) is 0.367. The molecule has 3 N–H and O–H groups in total. The molecule has 0 spiro atoms. The molecule has 3 aromatic heterocycles. The van der Waals surface area contributed by atoms with Gasteiger partial charge in [0, 0.05) is 36.8 Å². The maximum absolute atomic E-state index is 13.3. The van der Waals surface area contributed by atoms with Gasteiger partial charge in [0.05, 0.1) is 23.4 Å². The van der Waals surface area contributed by atoms with Crippen molar-refractivity contribution in [1.29, 1.82) is 0 Å². The smallest absolute Gasteiger partial charge is 0.289 e. The highest BCUT2D eigenvalue weighted by atomic mass is 16.2. The number of aromatic nitrogens is 6. The number of aromatic amines is 2. The molecule has 0 bridgehead atoms. The van der Waals surface area contributed by atoms with Gasteiger partial charge in [-0.1, -0.05) is 42.5 Å². The Morgan fingerprint density at radius 2 is 1.97 bits per heavy atom. The molecular weight excluding hydrogens is 444 g/mol. The van der Waals surface area contributed by atoms with Crippen LogP contribution in [0.4, 0.5) is 5.69 Å². The zero-order valence-corrected chi connectivity index (χ0v) is 18.9. The minimum absolute atomic E-state index is 0.0731. The molecule has 0 aliphatic carbocycles. The fourth-order valence-corrected chi connectivity index (χ4v) is 4.60. The Morgan fingerprint density at radius 3 is 2.77 bits per heavy atom. The van der Waals surface area contributed by atoms with Crippen molar-refractivity contribution in [2.24, 2.45) is 0 Å². The van der Waals surface area contributed by atoms with Gasteiger partial charge in [-0.05, 0) is 17.7 Å². The molecule has 10 nitrogen and oxygen atoms in total. The second kappa shape index (κ2) is 8.24. The van der Waals surface area contributed by atoms with Crippen molar-refractivity contribution >= 4 is 28.4 Å². The Morgan fingerprint density at radius 1 is 1.11 bits per heavy atom. The summed E-state index contributed by atoms with van der Waals surface area (Å²) in [5.41, 5.74) is 4.62. The SMILES string of the molecule is CN1C(=O)[C@@H](NC(=O)c2nnc(Cc3ccccc3)[nH]2)Cn2cc(-c3ccn[nH]3)c3cccc1c32. The summed E-state index contributed by atoms with van der Waals surface area (Å²) in [7, 11) is 1.72. The van der Waals surface area contributed by atoms with Crippen molar-refractivity contribution < 1.29 is 9.59 Å². The summed E-state index contributed by atoms with van der Waals surface area (Å²) < 4.78 is 2.01. The van der Waals surface area contributed by atoms with E-state index in [-0.39, 0.29) is 18.3 Å². The Hall–Kier alpha value is -4.73. The first-order valence-corrected chi connectivity index (χ1v) is 11.2. The zero-order valence-electron chi connectivity index (χ0n) is 18.9. The largest absolute Gasteiger partial charge is 0.342 e. The lowest BCUT2D eigenvalue weighted by Crippen LogP contribution is -2.48. The number of anilines is 1. The average Bonchev–Trinajstić information content (AvgIpc) is 3.62. The van der Waals surface area contributed by atoms with Gasteiger partial charge in [-0.25, -0.2) is 0 Å². The van der Waals surface area contributed by atoms with Crippen LogP contribution in [0.15, 0.2) is 67.0 Å². The summed E-state index contributed by atoms with van der Waals surface area (Å²) in [4.78, 5) is 30.9. The standard InChI is InChI=1S/C25H22N8O2/c1-32-20-9-5-8-16-17(18-10-11-26-29-18)13-33(22(16)20)14-19(25(32)35)27-24(34)23-28-21(30-31-23)12-15-6-3-2-4-7-15/h2-11,13,19H,12,14H2,1H3,(H,26,29)(H,27,34)(H,28,30,31)/t19-/m0/s1. The lowest BCUT2D eigenvalue weighted by molar-refractivity contribution is -0.120. The number of carbonyl (C=O) groups excluding carboxylic acids is 2. The number of benzene rings is 2. The molecule has 0 saturated heterocycles. The van der Waals surface area contributed by atoms with Crippen LogP contribution in [-0.4, -0.2) is 54.8 Å². The summed E-state index contributed by atoms with van der Waals surface area (Å²) >= 11 is 0. The van der Waals surface area contributed by atoms with Crippen LogP contribution in [0.25, 0.3) is 22.2 Å². The highest BCUT2D eigenvalue weighted by molar-refractivity contribution is 6.10. The summed E-state index contributed by atoms with van der Waals surface area (Å²) in [6, 6.07) is 16.8. The third-order valence-corrected chi connectivity index (χ3v) is 6.31. The van der Waals surface area contributed by atoms with Gasteiger partial charge in [-0.3, -0.25) is 14.7 Å². The molecule has 35 heavy (non-hydrogen) atoms.